The summed E-state index contributed by atoms with van der Waals surface area (Å²) in [5.74, 6) is 1.41. The van der Waals surface area contributed by atoms with Crippen LogP contribution >= 0.6 is 0 Å². The first-order valence-corrected chi connectivity index (χ1v) is 10.2. The fraction of sp³-hybridized carbons (Fsp3) is 0.154. The van der Waals surface area contributed by atoms with Crippen LogP contribution in [-0.4, -0.2) is 22.7 Å². The van der Waals surface area contributed by atoms with Crippen molar-refractivity contribution < 1.29 is 14.3 Å². The van der Waals surface area contributed by atoms with Gasteiger partial charge >= 0.3 is 0 Å². The summed E-state index contributed by atoms with van der Waals surface area (Å²) in [5.41, 5.74) is 2.23. The van der Waals surface area contributed by atoms with Gasteiger partial charge < -0.3 is 9.47 Å². The number of hydrogen-bond donors (Lipinski definition) is 0. The largest absolute Gasteiger partial charge is 0.496 e. The Bertz CT molecular complexity index is 1240. The van der Waals surface area contributed by atoms with Gasteiger partial charge in [-0.25, -0.2) is 0 Å². The average Bonchev–Trinajstić information content (AvgIpc) is 3.30. The van der Waals surface area contributed by atoms with Gasteiger partial charge in [0, 0.05) is 18.3 Å². The van der Waals surface area contributed by atoms with E-state index < -0.39 is 0 Å². The Hall–Kier alpha value is -3.86. The fourth-order valence-corrected chi connectivity index (χ4v) is 3.36. The quantitative estimate of drug-likeness (QED) is 0.282. The van der Waals surface area contributed by atoms with E-state index in [1.165, 1.54) is 11.5 Å². The van der Waals surface area contributed by atoms with Crippen molar-refractivity contribution in [3.8, 4) is 11.5 Å². The number of nitrogens with zero attached hydrogens (tertiary/aromatic N) is 2. The van der Waals surface area contributed by atoms with Gasteiger partial charge in [0.05, 0.1) is 7.11 Å². The van der Waals surface area contributed by atoms with E-state index in [9.17, 15) is 4.79 Å². The molecule has 5 heteroatoms. The summed E-state index contributed by atoms with van der Waals surface area (Å²) in [6, 6.07) is 21.7. The molecule has 0 saturated carbocycles. The van der Waals surface area contributed by atoms with Crippen LogP contribution in [0.25, 0.3) is 16.8 Å². The first-order valence-electron chi connectivity index (χ1n) is 10.2. The van der Waals surface area contributed by atoms with Crippen LogP contribution in [0.15, 0.2) is 79.0 Å². The molecule has 0 amide bonds. The van der Waals surface area contributed by atoms with Gasteiger partial charge in [-0.2, -0.15) is 5.10 Å². The second-order valence-corrected chi connectivity index (χ2v) is 7.12. The van der Waals surface area contributed by atoms with Crippen LogP contribution in [0.2, 0.25) is 0 Å². The van der Waals surface area contributed by atoms with E-state index in [4.69, 9.17) is 9.47 Å². The van der Waals surface area contributed by atoms with Gasteiger partial charge in [0.25, 0.3) is 0 Å². The highest BCUT2D eigenvalue weighted by Gasteiger charge is 2.08. The molecule has 4 aromatic rings. The van der Waals surface area contributed by atoms with Crippen LogP contribution in [-0.2, 0) is 13.2 Å². The molecule has 0 unspecified atom stereocenters. The lowest BCUT2D eigenvalue weighted by Crippen LogP contribution is -2.00. The van der Waals surface area contributed by atoms with Crippen molar-refractivity contribution in [1.29, 1.82) is 0 Å². The monoisotopic (exact) mass is 412 g/mol. The third-order valence-electron chi connectivity index (χ3n) is 5.06. The normalized spacial score (nSPS) is 11.2. The zero-order valence-electron chi connectivity index (χ0n) is 17.6. The van der Waals surface area contributed by atoms with Gasteiger partial charge in [0.15, 0.2) is 0 Å². The predicted octanol–water partition coefficient (Wildman–Crippen LogP) is 5.54. The molecule has 0 aliphatic heterocycles. The summed E-state index contributed by atoms with van der Waals surface area (Å²) in [7, 11) is 1.64. The van der Waals surface area contributed by atoms with Crippen LogP contribution in [0, 0.1) is 0 Å². The lowest BCUT2D eigenvalue weighted by atomic mass is 10.1. The molecule has 5 nitrogen and oxygen atoms in total. The minimum atomic E-state index is -0.128. The van der Waals surface area contributed by atoms with Gasteiger partial charge in [-0.3, -0.25) is 9.48 Å². The number of aryl methyl sites for hydroxylation is 1. The minimum absolute atomic E-state index is 0.128. The van der Waals surface area contributed by atoms with Crippen molar-refractivity contribution in [2.75, 3.05) is 7.11 Å². The summed E-state index contributed by atoms with van der Waals surface area (Å²) in [4.78, 5) is 12.4. The van der Waals surface area contributed by atoms with Crippen LogP contribution in [0.1, 0.15) is 28.5 Å². The Morgan fingerprint density at radius 2 is 1.87 bits per heavy atom. The van der Waals surface area contributed by atoms with E-state index in [-0.39, 0.29) is 5.78 Å². The molecule has 31 heavy (non-hydrogen) atoms. The third-order valence-corrected chi connectivity index (χ3v) is 5.06. The van der Waals surface area contributed by atoms with Crippen LogP contribution in [0.3, 0.4) is 0 Å². The van der Waals surface area contributed by atoms with E-state index in [0.717, 1.165) is 34.6 Å². The highest BCUT2D eigenvalue weighted by molar-refractivity contribution is 6.05. The highest BCUT2D eigenvalue weighted by atomic mass is 16.5. The summed E-state index contributed by atoms with van der Waals surface area (Å²) < 4.78 is 13.2. The summed E-state index contributed by atoms with van der Waals surface area (Å²) in [6.07, 6.45) is 5.13. The Kier molecular flexibility index (Phi) is 6.13. The SMILES string of the molecule is CCn1ccc(C(=O)/C=C/c2ccc(OC)c(COc3ccc4ccccc4c3)c2)n1. The number of carbonyl (C=O) groups is 1. The molecule has 0 aliphatic carbocycles. The number of carbonyl (C=O) groups excluding carboxylic acids is 1. The number of hydrogen-bond acceptors (Lipinski definition) is 4. The number of benzene rings is 3. The molecular weight excluding hydrogens is 388 g/mol. The minimum Gasteiger partial charge on any atom is -0.496 e. The van der Waals surface area contributed by atoms with Crippen molar-refractivity contribution in [2.24, 2.45) is 0 Å². The molecule has 0 radical (unpaired) electrons. The van der Waals surface area contributed by atoms with Crippen molar-refractivity contribution in [1.82, 2.24) is 9.78 Å². The average molecular weight is 412 g/mol. The zero-order chi connectivity index (χ0) is 21.6. The van der Waals surface area contributed by atoms with E-state index >= 15 is 0 Å². The molecule has 156 valence electrons. The van der Waals surface area contributed by atoms with E-state index in [2.05, 4.69) is 17.2 Å². The second-order valence-electron chi connectivity index (χ2n) is 7.12. The van der Waals surface area contributed by atoms with E-state index in [1.807, 2.05) is 55.5 Å². The molecule has 0 spiro atoms. The molecule has 1 heterocycles. The number of rotatable bonds is 8. The molecule has 0 bridgehead atoms. The summed E-state index contributed by atoms with van der Waals surface area (Å²) in [6.45, 7) is 3.07. The van der Waals surface area contributed by atoms with Crippen LogP contribution < -0.4 is 9.47 Å². The number of ketones is 1. The van der Waals surface area contributed by atoms with Crippen molar-refractivity contribution in [3.63, 3.8) is 0 Å². The molecule has 0 aliphatic rings. The molecular formula is C26H24N2O3. The fourth-order valence-electron chi connectivity index (χ4n) is 3.36. The second kappa shape index (κ2) is 9.30. The van der Waals surface area contributed by atoms with E-state index in [1.54, 1.807) is 30.1 Å². The zero-order valence-corrected chi connectivity index (χ0v) is 17.6. The number of fused-ring (bicyclic) bond motifs is 1. The molecule has 0 N–H and O–H groups in total. The molecule has 0 fully saturated rings. The van der Waals surface area contributed by atoms with Crippen molar-refractivity contribution in [2.45, 2.75) is 20.1 Å². The molecule has 4 rings (SSSR count). The maximum atomic E-state index is 12.4. The Labute approximate surface area is 181 Å². The van der Waals surface area contributed by atoms with Gasteiger partial charge in [-0.15, -0.1) is 0 Å². The number of methoxy groups -OCH3 is 1. The van der Waals surface area contributed by atoms with Gasteiger partial charge in [0.2, 0.25) is 5.78 Å². The van der Waals surface area contributed by atoms with Crippen LogP contribution in [0.4, 0.5) is 0 Å². The topological polar surface area (TPSA) is 53.4 Å². The summed E-state index contributed by atoms with van der Waals surface area (Å²) >= 11 is 0. The smallest absolute Gasteiger partial charge is 0.206 e. The Morgan fingerprint density at radius 1 is 1.03 bits per heavy atom. The number of aromatic nitrogens is 2. The molecule has 0 saturated heterocycles. The number of ether oxygens (including phenoxy) is 2. The highest BCUT2D eigenvalue weighted by Crippen LogP contribution is 2.25. The van der Waals surface area contributed by atoms with Crippen molar-refractivity contribution >= 4 is 22.6 Å². The van der Waals surface area contributed by atoms with Gasteiger partial charge in [-0.1, -0.05) is 42.5 Å². The van der Waals surface area contributed by atoms with E-state index in [0.29, 0.717) is 12.3 Å². The van der Waals surface area contributed by atoms with Crippen molar-refractivity contribution in [3.05, 3.63) is 95.8 Å². The Balaban J connectivity index is 1.49. The maximum Gasteiger partial charge on any atom is 0.206 e. The summed E-state index contributed by atoms with van der Waals surface area (Å²) in [5, 5.41) is 6.55. The maximum absolute atomic E-state index is 12.4. The molecule has 0 atom stereocenters. The predicted molar refractivity (Wildman–Crippen MR) is 123 cm³/mol. The third kappa shape index (κ3) is 4.83. The lowest BCUT2D eigenvalue weighted by molar-refractivity contribution is 0.104. The van der Waals surface area contributed by atoms with Gasteiger partial charge in [0.1, 0.15) is 23.8 Å². The molecule has 3 aromatic carbocycles. The standard InChI is InChI=1S/C26H24N2O3/c1-3-28-15-14-24(27-28)25(29)12-8-19-9-13-26(30-2)22(16-19)18-31-23-11-10-20-6-4-5-7-21(20)17-23/h4-17H,3,18H2,1-2H3/b12-8+. The lowest BCUT2D eigenvalue weighted by Gasteiger charge is -2.12. The molecule has 1 aromatic heterocycles. The van der Waals surface area contributed by atoms with Crippen LogP contribution in [0.5, 0.6) is 11.5 Å². The number of allylic oxidation sites excluding steroid dienone is 1. The van der Waals surface area contributed by atoms with Gasteiger partial charge in [-0.05, 0) is 59.7 Å². The first-order chi connectivity index (χ1) is 15.2. The Morgan fingerprint density at radius 3 is 2.65 bits per heavy atom. The first kappa shape index (κ1) is 20.4.